The number of carbonyl (C=O) groups excluding carboxylic acids is 2. The van der Waals surface area contributed by atoms with Crippen LogP contribution < -0.4 is 0 Å². The van der Waals surface area contributed by atoms with Crippen LogP contribution in [0.15, 0.2) is 12.2 Å². The van der Waals surface area contributed by atoms with Crippen LogP contribution in [0.25, 0.3) is 0 Å². The van der Waals surface area contributed by atoms with Gasteiger partial charge in [-0.25, -0.2) is 0 Å². The fraction of sp³-hybridized carbons (Fsp3) is 0.714. The molecule has 100 valence electrons. The second-order valence-electron chi connectivity index (χ2n) is 5.27. The summed E-state index contributed by atoms with van der Waals surface area (Å²) in [5.74, 6) is 0.580. The molecule has 1 saturated heterocycles. The van der Waals surface area contributed by atoms with Gasteiger partial charge in [0.05, 0.1) is 12.5 Å². The summed E-state index contributed by atoms with van der Waals surface area (Å²) in [7, 11) is 0. The first-order valence-electron chi connectivity index (χ1n) is 6.65. The molecule has 0 radical (unpaired) electrons. The molecule has 18 heavy (non-hydrogen) atoms. The minimum absolute atomic E-state index is 0.0908. The summed E-state index contributed by atoms with van der Waals surface area (Å²) in [6.45, 7) is 7.29. The Morgan fingerprint density at radius 3 is 2.67 bits per heavy atom. The van der Waals surface area contributed by atoms with Crippen LogP contribution in [0.4, 0.5) is 0 Å². The third-order valence-electron chi connectivity index (χ3n) is 4.11. The number of ether oxygens (including phenoxy) is 1. The van der Waals surface area contributed by atoms with Crippen molar-refractivity contribution in [2.75, 3.05) is 19.7 Å². The highest BCUT2D eigenvalue weighted by Gasteiger charge is 2.45. The van der Waals surface area contributed by atoms with E-state index in [0.717, 1.165) is 6.54 Å². The third kappa shape index (κ3) is 2.28. The normalized spacial score (nSPS) is 34.3. The van der Waals surface area contributed by atoms with Crippen molar-refractivity contribution in [2.24, 2.45) is 23.7 Å². The standard InChI is InChI=1S/C14H21NO3/c1-4-18-14(17)13-9(2)5-6-11-7-15(10(3)16)8-12(11)13/h5-6,9,11-13H,4,7-8H2,1-3H3/t9-,11-,12-,13-/m0/s1. The van der Waals surface area contributed by atoms with Gasteiger partial charge in [-0.05, 0) is 24.7 Å². The number of hydrogen-bond acceptors (Lipinski definition) is 3. The molecule has 2 rings (SSSR count). The first kappa shape index (κ1) is 13.1. The molecule has 0 aromatic heterocycles. The summed E-state index contributed by atoms with van der Waals surface area (Å²) in [6, 6.07) is 0. The predicted octanol–water partition coefficient (Wildman–Crippen LogP) is 1.47. The van der Waals surface area contributed by atoms with Crippen molar-refractivity contribution >= 4 is 11.9 Å². The van der Waals surface area contributed by atoms with Crippen LogP contribution in [-0.2, 0) is 14.3 Å². The van der Waals surface area contributed by atoms with Crippen molar-refractivity contribution in [3.63, 3.8) is 0 Å². The van der Waals surface area contributed by atoms with Crippen molar-refractivity contribution in [2.45, 2.75) is 20.8 Å². The zero-order chi connectivity index (χ0) is 13.3. The van der Waals surface area contributed by atoms with Gasteiger partial charge in [0.25, 0.3) is 0 Å². The number of rotatable bonds is 2. The molecular formula is C14H21NO3. The molecule has 4 nitrogen and oxygen atoms in total. The summed E-state index contributed by atoms with van der Waals surface area (Å²) in [5, 5.41) is 0. The van der Waals surface area contributed by atoms with Crippen LogP contribution >= 0.6 is 0 Å². The molecule has 1 heterocycles. The van der Waals surface area contributed by atoms with Gasteiger partial charge in [-0.2, -0.15) is 0 Å². The first-order chi connectivity index (χ1) is 8.54. The average Bonchev–Trinajstić information content (AvgIpc) is 2.72. The van der Waals surface area contributed by atoms with E-state index in [0.29, 0.717) is 19.1 Å². The Labute approximate surface area is 108 Å². The molecule has 4 atom stereocenters. The molecule has 1 fully saturated rings. The number of esters is 1. The van der Waals surface area contributed by atoms with E-state index < -0.39 is 0 Å². The van der Waals surface area contributed by atoms with E-state index in [-0.39, 0.29) is 29.6 Å². The van der Waals surface area contributed by atoms with Crippen molar-refractivity contribution in [3.05, 3.63) is 12.2 Å². The highest BCUT2D eigenvalue weighted by molar-refractivity contribution is 5.76. The van der Waals surface area contributed by atoms with Crippen LogP contribution in [0.1, 0.15) is 20.8 Å². The molecular weight excluding hydrogens is 230 g/mol. The lowest BCUT2D eigenvalue weighted by atomic mass is 9.72. The molecule has 0 spiro atoms. The summed E-state index contributed by atoms with van der Waals surface area (Å²) in [5.41, 5.74) is 0. The molecule has 0 unspecified atom stereocenters. The molecule has 1 aliphatic heterocycles. The molecule has 4 heteroatoms. The van der Waals surface area contributed by atoms with E-state index in [1.165, 1.54) is 0 Å². The highest BCUT2D eigenvalue weighted by Crippen LogP contribution is 2.39. The Hall–Kier alpha value is -1.32. The van der Waals surface area contributed by atoms with Crippen LogP contribution in [0, 0.1) is 23.7 Å². The van der Waals surface area contributed by atoms with Crippen LogP contribution in [0.2, 0.25) is 0 Å². The Bertz CT molecular complexity index is 377. The first-order valence-corrected chi connectivity index (χ1v) is 6.65. The molecule has 1 aliphatic carbocycles. The van der Waals surface area contributed by atoms with Crippen LogP contribution in [-0.4, -0.2) is 36.5 Å². The maximum Gasteiger partial charge on any atom is 0.309 e. The molecule has 0 N–H and O–H groups in total. The van der Waals surface area contributed by atoms with E-state index in [2.05, 4.69) is 12.2 Å². The van der Waals surface area contributed by atoms with Crippen molar-refractivity contribution < 1.29 is 14.3 Å². The van der Waals surface area contributed by atoms with Gasteiger partial charge in [0, 0.05) is 20.0 Å². The fourth-order valence-corrected chi connectivity index (χ4v) is 3.15. The number of nitrogens with zero attached hydrogens (tertiary/aromatic N) is 1. The Balaban J connectivity index is 2.17. The second-order valence-corrected chi connectivity index (χ2v) is 5.27. The molecule has 0 aromatic rings. The largest absolute Gasteiger partial charge is 0.466 e. The average molecular weight is 251 g/mol. The Morgan fingerprint density at radius 2 is 2.06 bits per heavy atom. The predicted molar refractivity (Wildman–Crippen MR) is 67.7 cm³/mol. The van der Waals surface area contributed by atoms with E-state index in [4.69, 9.17) is 4.74 Å². The fourth-order valence-electron chi connectivity index (χ4n) is 3.15. The maximum atomic E-state index is 12.1. The van der Waals surface area contributed by atoms with Gasteiger partial charge in [0.2, 0.25) is 5.91 Å². The lowest BCUT2D eigenvalue weighted by Gasteiger charge is -2.31. The van der Waals surface area contributed by atoms with Crippen molar-refractivity contribution in [3.8, 4) is 0 Å². The zero-order valence-corrected chi connectivity index (χ0v) is 11.3. The van der Waals surface area contributed by atoms with E-state index in [1.807, 2.05) is 18.7 Å². The number of hydrogen-bond donors (Lipinski definition) is 0. The minimum atomic E-state index is -0.116. The smallest absolute Gasteiger partial charge is 0.309 e. The zero-order valence-electron chi connectivity index (χ0n) is 11.3. The van der Waals surface area contributed by atoms with E-state index in [1.54, 1.807) is 6.92 Å². The highest BCUT2D eigenvalue weighted by atomic mass is 16.5. The monoisotopic (exact) mass is 251 g/mol. The van der Waals surface area contributed by atoms with Gasteiger partial charge >= 0.3 is 5.97 Å². The number of fused-ring (bicyclic) bond motifs is 1. The molecule has 0 saturated carbocycles. The molecule has 0 aromatic carbocycles. The summed E-state index contributed by atoms with van der Waals surface area (Å²) in [6.07, 6.45) is 4.25. The molecule has 2 aliphatic rings. The number of likely N-dealkylation sites (tertiary alicyclic amines) is 1. The van der Waals surface area contributed by atoms with Crippen molar-refractivity contribution in [1.82, 2.24) is 4.90 Å². The minimum Gasteiger partial charge on any atom is -0.466 e. The van der Waals surface area contributed by atoms with Gasteiger partial charge in [0.1, 0.15) is 0 Å². The Morgan fingerprint density at radius 1 is 1.33 bits per heavy atom. The summed E-state index contributed by atoms with van der Waals surface area (Å²) < 4.78 is 5.18. The van der Waals surface area contributed by atoms with Gasteiger partial charge < -0.3 is 9.64 Å². The SMILES string of the molecule is CCOC(=O)[C@@H]1[C@H]2CN(C(C)=O)C[C@@H]2C=C[C@@H]1C. The van der Waals surface area contributed by atoms with Gasteiger partial charge in [0.15, 0.2) is 0 Å². The van der Waals surface area contributed by atoms with E-state index >= 15 is 0 Å². The molecule has 1 amide bonds. The van der Waals surface area contributed by atoms with E-state index in [9.17, 15) is 9.59 Å². The van der Waals surface area contributed by atoms with Gasteiger partial charge in [-0.1, -0.05) is 19.1 Å². The number of amides is 1. The quantitative estimate of drug-likeness (QED) is 0.551. The topological polar surface area (TPSA) is 46.6 Å². The van der Waals surface area contributed by atoms with Crippen LogP contribution in [0.3, 0.4) is 0 Å². The van der Waals surface area contributed by atoms with Gasteiger partial charge in [-0.15, -0.1) is 0 Å². The second kappa shape index (κ2) is 5.12. The van der Waals surface area contributed by atoms with Crippen molar-refractivity contribution in [1.29, 1.82) is 0 Å². The van der Waals surface area contributed by atoms with Gasteiger partial charge in [-0.3, -0.25) is 9.59 Å². The summed E-state index contributed by atoms with van der Waals surface area (Å²) in [4.78, 5) is 25.4. The maximum absolute atomic E-state index is 12.1. The van der Waals surface area contributed by atoms with Crippen LogP contribution in [0.5, 0.6) is 0 Å². The number of allylic oxidation sites excluding steroid dienone is 1. The number of carbonyl (C=O) groups is 2. The molecule has 0 bridgehead atoms. The Kier molecular flexibility index (Phi) is 3.73. The summed E-state index contributed by atoms with van der Waals surface area (Å²) >= 11 is 0. The lowest BCUT2D eigenvalue weighted by Crippen LogP contribution is -2.37. The third-order valence-corrected chi connectivity index (χ3v) is 4.11. The lowest BCUT2D eigenvalue weighted by molar-refractivity contribution is -0.152.